The van der Waals surface area contributed by atoms with E-state index in [0.717, 1.165) is 5.56 Å². The Morgan fingerprint density at radius 1 is 1.15 bits per heavy atom. The van der Waals surface area contributed by atoms with Crippen LogP contribution in [0.15, 0.2) is 48.6 Å². The first-order chi connectivity index (χ1) is 22.2. The lowest BCUT2D eigenvalue weighted by molar-refractivity contribution is -0.275. The van der Waals surface area contributed by atoms with Crippen LogP contribution in [0.3, 0.4) is 0 Å². The smallest absolute Gasteiger partial charge is 0.331 e. The molecule has 0 bridgehead atoms. The summed E-state index contributed by atoms with van der Waals surface area (Å²) in [5.41, 5.74) is -2.96. The van der Waals surface area contributed by atoms with E-state index in [-0.39, 0.29) is 36.6 Å². The highest BCUT2D eigenvalue weighted by Crippen LogP contribution is 2.56. The lowest BCUT2D eigenvalue weighted by atomic mass is 9.52. The van der Waals surface area contributed by atoms with E-state index in [2.05, 4.69) is 0 Å². The van der Waals surface area contributed by atoms with Crippen LogP contribution in [-0.4, -0.2) is 83.1 Å². The molecular weight excluding hydrogens is 604 g/mol. The largest absolute Gasteiger partial charge is 0.458 e. The first-order valence-electron chi connectivity index (χ1n) is 16.7. The summed E-state index contributed by atoms with van der Waals surface area (Å²) in [5, 5.41) is 22.5. The number of esters is 1. The van der Waals surface area contributed by atoms with Crippen LogP contribution in [0, 0.1) is 22.7 Å². The molecule has 0 unspecified atom stereocenters. The zero-order valence-electron chi connectivity index (χ0n) is 27.9. The highest BCUT2D eigenvalue weighted by Gasteiger charge is 2.61. The van der Waals surface area contributed by atoms with Crippen LogP contribution >= 0.6 is 0 Å². The predicted octanol–water partition coefficient (Wildman–Crippen LogP) is 4.15. The fourth-order valence-electron chi connectivity index (χ4n) is 8.39. The maximum Gasteiger partial charge on any atom is 0.331 e. The SMILES string of the molecule is CO[C@H]1C[C@H](O[C@H]2CC[C@]3(C)[C@@H](C[C@H](OC(=O)/C=C/c4ccccc4)[C@@]4(C)C(=O)CC[C@@H]4C(C)=O)C(=O)C=C[C@]3(O)C2)O[C@H](C)[C@H]1O. The topological polar surface area (TPSA) is 146 Å². The molecule has 1 saturated heterocycles. The lowest BCUT2D eigenvalue weighted by Crippen LogP contribution is -2.60. The Hall–Kier alpha value is -3.02. The maximum absolute atomic E-state index is 13.7. The monoisotopic (exact) mass is 652 g/mol. The standard InChI is InChI=1S/C37H48O10/c1-22(38)26-12-13-30(40)36(26,4)31(47-32(41)14-11-24-9-7-6-8-10-24)19-27-28(39)16-18-37(43)21-25(15-17-35(27,37)3)46-33-20-29(44-5)34(42)23(2)45-33/h6-11,14,16,18,23,25-27,29,31,33-34,42-43H,12-13,15,17,19-21H2,1-5H3/b14-11+/t23-,25+,26-,27+,29+,31+,33+,34-,35-,36-,37+/m1/s1. The van der Waals surface area contributed by atoms with Crippen molar-refractivity contribution in [3.63, 3.8) is 0 Å². The number of ether oxygens (including phenoxy) is 4. The summed E-state index contributed by atoms with van der Waals surface area (Å²) in [5.74, 6) is -2.72. The third-order valence-electron chi connectivity index (χ3n) is 11.5. The number of Topliss-reactive ketones (excluding diaryl/α,β-unsaturated/α-hetero) is 2. The van der Waals surface area contributed by atoms with Crippen LogP contribution in [0.4, 0.5) is 0 Å². The Bertz CT molecular complexity index is 1400. The number of aliphatic hydroxyl groups is 2. The summed E-state index contributed by atoms with van der Waals surface area (Å²) >= 11 is 0. The van der Waals surface area contributed by atoms with Crippen molar-refractivity contribution in [2.75, 3.05) is 7.11 Å². The van der Waals surface area contributed by atoms with E-state index in [4.69, 9.17) is 18.9 Å². The normalized spacial score (nSPS) is 39.5. The van der Waals surface area contributed by atoms with E-state index in [0.29, 0.717) is 25.7 Å². The number of rotatable bonds is 10. The van der Waals surface area contributed by atoms with Crippen molar-refractivity contribution in [2.24, 2.45) is 22.7 Å². The summed E-state index contributed by atoms with van der Waals surface area (Å²) in [6.07, 6.45) is 3.93. The minimum Gasteiger partial charge on any atom is -0.458 e. The molecular formula is C37H48O10. The van der Waals surface area contributed by atoms with Gasteiger partial charge in [0.25, 0.3) is 0 Å². The number of carbonyl (C=O) groups is 4. The summed E-state index contributed by atoms with van der Waals surface area (Å²) in [7, 11) is 1.53. The molecule has 1 aliphatic heterocycles. The third-order valence-corrected chi connectivity index (χ3v) is 11.5. The molecule has 11 atom stereocenters. The van der Waals surface area contributed by atoms with Crippen molar-refractivity contribution < 1.29 is 48.3 Å². The number of ketones is 3. The second-order valence-corrected chi connectivity index (χ2v) is 14.2. The van der Waals surface area contributed by atoms with E-state index >= 15 is 0 Å². The van der Waals surface area contributed by atoms with Gasteiger partial charge in [0.15, 0.2) is 12.1 Å². The highest BCUT2D eigenvalue weighted by atomic mass is 16.7. The second-order valence-electron chi connectivity index (χ2n) is 14.2. The van der Waals surface area contributed by atoms with E-state index in [1.807, 2.05) is 37.3 Å². The molecule has 47 heavy (non-hydrogen) atoms. The molecule has 3 aliphatic carbocycles. The number of hydrogen-bond donors (Lipinski definition) is 2. The Kier molecular flexibility index (Phi) is 10.4. The third kappa shape index (κ3) is 6.81. The molecule has 1 heterocycles. The van der Waals surface area contributed by atoms with Gasteiger partial charge in [-0.15, -0.1) is 0 Å². The molecule has 1 aromatic rings. The van der Waals surface area contributed by atoms with Gasteiger partial charge < -0.3 is 29.2 Å². The molecule has 0 aromatic heterocycles. The van der Waals surface area contributed by atoms with Gasteiger partial charge in [0, 0.05) is 49.7 Å². The molecule has 256 valence electrons. The van der Waals surface area contributed by atoms with Gasteiger partial charge in [-0.2, -0.15) is 0 Å². The van der Waals surface area contributed by atoms with Crippen LogP contribution in [0.1, 0.15) is 78.2 Å². The average molecular weight is 653 g/mol. The highest BCUT2D eigenvalue weighted by molar-refractivity contribution is 5.97. The molecule has 0 radical (unpaired) electrons. The van der Waals surface area contributed by atoms with Gasteiger partial charge >= 0.3 is 5.97 Å². The van der Waals surface area contributed by atoms with Crippen molar-refractivity contribution in [2.45, 2.75) is 115 Å². The fraction of sp³-hybridized carbons (Fsp3) is 0.622. The summed E-state index contributed by atoms with van der Waals surface area (Å²) in [6.45, 7) is 6.73. The first kappa shape index (κ1) is 35.3. The summed E-state index contributed by atoms with van der Waals surface area (Å²) in [4.78, 5) is 53.3. The number of carbonyl (C=O) groups excluding carboxylic acids is 4. The van der Waals surface area contributed by atoms with E-state index < -0.39 is 71.0 Å². The molecule has 2 saturated carbocycles. The molecule has 3 fully saturated rings. The first-order valence-corrected chi connectivity index (χ1v) is 16.7. The van der Waals surface area contributed by atoms with Crippen LogP contribution in [-0.2, 0) is 38.1 Å². The van der Waals surface area contributed by atoms with Crippen LogP contribution in [0.25, 0.3) is 6.08 Å². The fourth-order valence-corrected chi connectivity index (χ4v) is 8.39. The van der Waals surface area contributed by atoms with Gasteiger partial charge in [0.05, 0.1) is 29.3 Å². The Morgan fingerprint density at radius 2 is 1.87 bits per heavy atom. The zero-order chi connectivity index (χ0) is 34.1. The van der Waals surface area contributed by atoms with Gasteiger partial charge in [0.2, 0.25) is 0 Å². The number of methoxy groups -OCH3 is 1. The number of benzene rings is 1. The number of aliphatic hydroxyl groups excluding tert-OH is 1. The van der Waals surface area contributed by atoms with Crippen molar-refractivity contribution >= 4 is 29.4 Å². The van der Waals surface area contributed by atoms with Crippen molar-refractivity contribution in [3.8, 4) is 0 Å². The van der Waals surface area contributed by atoms with Crippen molar-refractivity contribution in [1.82, 2.24) is 0 Å². The van der Waals surface area contributed by atoms with Gasteiger partial charge in [-0.1, -0.05) is 37.3 Å². The van der Waals surface area contributed by atoms with Gasteiger partial charge in [-0.25, -0.2) is 4.79 Å². The van der Waals surface area contributed by atoms with E-state index in [1.165, 1.54) is 32.3 Å². The number of fused-ring (bicyclic) bond motifs is 1. The number of hydrogen-bond acceptors (Lipinski definition) is 10. The Balaban J connectivity index is 1.39. The zero-order valence-corrected chi connectivity index (χ0v) is 27.9. The molecule has 4 aliphatic rings. The summed E-state index contributed by atoms with van der Waals surface area (Å²) < 4.78 is 23.7. The molecule has 2 N–H and O–H groups in total. The van der Waals surface area contributed by atoms with Crippen LogP contribution in [0.5, 0.6) is 0 Å². The molecule has 10 heteroatoms. The van der Waals surface area contributed by atoms with Crippen molar-refractivity contribution in [3.05, 3.63) is 54.1 Å². The second kappa shape index (κ2) is 13.8. The minimum atomic E-state index is -1.45. The van der Waals surface area contributed by atoms with Gasteiger partial charge in [-0.05, 0) is 70.2 Å². The van der Waals surface area contributed by atoms with Crippen LogP contribution in [0.2, 0.25) is 0 Å². The Morgan fingerprint density at radius 3 is 2.55 bits per heavy atom. The lowest BCUT2D eigenvalue weighted by Gasteiger charge is -2.55. The summed E-state index contributed by atoms with van der Waals surface area (Å²) in [6, 6.07) is 9.23. The maximum atomic E-state index is 13.7. The molecule has 5 rings (SSSR count). The minimum absolute atomic E-state index is 0.0267. The van der Waals surface area contributed by atoms with Crippen molar-refractivity contribution in [1.29, 1.82) is 0 Å². The molecule has 10 nitrogen and oxygen atoms in total. The van der Waals surface area contributed by atoms with Gasteiger partial charge in [-0.3, -0.25) is 14.4 Å². The average Bonchev–Trinajstić information content (AvgIpc) is 3.35. The molecule has 0 amide bonds. The quantitative estimate of drug-likeness (QED) is 0.279. The van der Waals surface area contributed by atoms with Crippen LogP contribution < -0.4 is 0 Å². The van der Waals surface area contributed by atoms with Gasteiger partial charge in [0.1, 0.15) is 23.8 Å². The molecule has 1 aromatic carbocycles. The Labute approximate surface area is 276 Å². The molecule has 0 spiro atoms. The predicted molar refractivity (Wildman–Crippen MR) is 172 cm³/mol. The van der Waals surface area contributed by atoms with E-state index in [9.17, 15) is 29.4 Å². The number of allylic oxidation sites excluding steroid dienone is 1. The van der Waals surface area contributed by atoms with E-state index in [1.54, 1.807) is 19.9 Å².